The van der Waals surface area contributed by atoms with E-state index in [2.05, 4.69) is 20.3 Å². The number of hydrogen-bond donors (Lipinski definition) is 1. The van der Waals surface area contributed by atoms with Crippen molar-refractivity contribution in [3.63, 3.8) is 0 Å². The van der Waals surface area contributed by atoms with E-state index < -0.39 is 0 Å². The number of hydrogen-bond acceptors (Lipinski definition) is 6. The van der Waals surface area contributed by atoms with Crippen LogP contribution in [0.1, 0.15) is 23.9 Å². The van der Waals surface area contributed by atoms with Gasteiger partial charge in [0.25, 0.3) is 0 Å². The van der Waals surface area contributed by atoms with E-state index in [9.17, 15) is 4.79 Å². The molecule has 0 radical (unpaired) electrons. The van der Waals surface area contributed by atoms with Crippen LogP contribution in [0.5, 0.6) is 0 Å². The van der Waals surface area contributed by atoms with Crippen LogP contribution in [0.15, 0.2) is 28.8 Å². The molecule has 0 saturated carbocycles. The fourth-order valence-electron chi connectivity index (χ4n) is 3.12. The standard InChI is InChI=1S/C19H22ClN5O2/c1-13-9-17(27-23-13)12-24-5-7-25(8-6-24)14(2)19(26)22-16-4-3-15(11-21)18(20)10-16/h3-4,9-10,14H,5-8,12H2,1-2H3,(H,22,26)/t14-/m1/s1. The van der Waals surface area contributed by atoms with E-state index in [1.807, 2.05) is 26.0 Å². The summed E-state index contributed by atoms with van der Waals surface area (Å²) in [6.45, 7) is 7.87. The lowest BCUT2D eigenvalue weighted by atomic mass is 10.2. The van der Waals surface area contributed by atoms with Crippen molar-refractivity contribution in [1.29, 1.82) is 5.26 Å². The molecular formula is C19H22ClN5O2. The van der Waals surface area contributed by atoms with Gasteiger partial charge in [0, 0.05) is 37.9 Å². The lowest BCUT2D eigenvalue weighted by Gasteiger charge is -2.37. The Morgan fingerprint density at radius 3 is 2.70 bits per heavy atom. The monoisotopic (exact) mass is 387 g/mol. The fraction of sp³-hybridized carbons (Fsp3) is 0.421. The lowest BCUT2D eigenvalue weighted by molar-refractivity contribution is -0.121. The van der Waals surface area contributed by atoms with Gasteiger partial charge < -0.3 is 9.84 Å². The van der Waals surface area contributed by atoms with Gasteiger partial charge in [0.15, 0.2) is 5.76 Å². The summed E-state index contributed by atoms with van der Waals surface area (Å²) >= 11 is 6.02. The number of benzene rings is 1. The molecule has 7 nitrogen and oxygen atoms in total. The zero-order valence-corrected chi connectivity index (χ0v) is 16.2. The number of aromatic nitrogens is 1. The third kappa shape index (κ3) is 4.86. The molecule has 1 atom stereocenters. The van der Waals surface area contributed by atoms with E-state index in [1.54, 1.807) is 18.2 Å². The minimum absolute atomic E-state index is 0.0879. The van der Waals surface area contributed by atoms with Gasteiger partial charge in [-0.05, 0) is 32.0 Å². The van der Waals surface area contributed by atoms with Crippen molar-refractivity contribution in [1.82, 2.24) is 15.0 Å². The van der Waals surface area contributed by atoms with Crippen molar-refractivity contribution in [3.8, 4) is 6.07 Å². The number of carbonyl (C=O) groups is 1. The molecule has 3 rings (SSSR count). The third-order valence-electron chi connectivity index (χ3n) is 4.75. The summed E-state index contributed by atoms with van der Waals surface area (Å²) in [4.78, 5) is 17.0. The SMILES string of the molecule is Cc1cc(CN2CCN([C@H](C)C(=O)Nc3ccc(C#N)c(Cl)c3)CC2)on1. The predicted octanol–water partition coefficient (Wildman–Crippen LogP) is 2.65. The molecule has 0 aliphatic carbocycles. The fourth-order valence-corrected chi connectivity index (χ4v) is 3.34. The van der Waals surface area contributed by atoms with Gasteiger partial charge in [0.05, 0.1) is 28.9 Å². The first-order valence-corrected chi connectivity index (χ1v) is 9.23. The number of anilines is 1. The van der Waals surface area contributed by atoms with E-state index in [0.29, 0.717) is 16.3 Å². The molecule has 1 fully saturated rings. The Morgan fingerprint density at radius 1 is 1.37 bits per heavy atom. The second-order valence-electron chi connectivity index (χ2n) is 6.72. The van der Waals surface area contributed by atoms with Crippen molar-refractivity contribution >= 4 is 23.2 Å². The van der Waals surface area contributed by atoms with Gasteiger partial charge in [-0.3, -0.25) is 14.6 Å². The second kappa shape index (κ2) is 8.53. The maximum Gasteiger partial charge on any atom is 0.241 e. The molecule has 1 saturated heterocycles. The average Bonchev–Trinajstić information content (AvgIpc) is 3.06. The Kier molecular flexibility index (Phi) is 6.11. The molecule has 0 bridgehead atoms. The maximum absolute atomic E-state index is 12.6. The van der Waals surface area contributed by atoms with Crippen LogP contribution >= 0.6 is 11.6 Å². The molecular weight excluding hydrogens is 366 g/mol. The molecule has 0 unspecified atom stereocenters. The summed E-state index contributed by atoms with van der Waals surface area (Å²) < 4.78 is 5.27. The van der Waals surface area contributed by atoms with Gasteiger partial charge in [-0.25, -0.2) is 0 Å². The molecule has 1 aliphatic heterocycles. The highest BCUT2D eigenvalue weighted by atomic mass is 35.5. The maximum atomic E-state index is 12.6. The highest BCUT2D eigenvalue weighted by Gasteiger charge is 2.26. The second-order valence-corrected chi connectivity index (χ2v) is 7.13. The summed E-state index contributed by atoms with van der Waals surface area (Å²) in [6.07, 6.45) is 0. The largest absolute Gasteiger partial charge is 0.360 e. The number of nitrogens with one attached hydrogen (secondary N) is 1. The number of piperazine rings is 1. The van der Waals surface area contributed by atoms with Crippen molar-refractivity contribution in [3.05, 3.63) is 46.3 Å². The number of halogens is 1. The predicted molar refractivity (Wildman–Crippen MR) is 102 cm³/mol. The summed E-state index contributed by atoms with van der Waals surface area (Å²) in [5.74, 6) is 0.777. The average molecular weight is 388 g/mol. The van der Waals surface area contributed by atoms with E-state index in [0.717, 1.165) is 44.2 Å². The number of nitriles is 1. The molecule has 1 aromatic carbocycles. The lowest BCUT2D eigenvalue weighted by Crippen LogP contribution is -2.52. The quantitative estimate of drug-likeness (QED) is 0.848. The number of amides is 1. The number of aryl methyl sites for hydroxylation is 1. The van der Waals surface area contributed by atoms with E-state index in [1.165, 1.54) is 0 Å². The van der Waals surface area contributed by atoms with Crippen LogP contribution in [0.3, 0.4) is 0 Å². The van der Waals surface area contributed by atoms with E-state index in [-0.39, 0.29) is 11.9 Å². The summed E-state index contributed by atoms with van der Waals surface area (Å²) in [7, 11) is 0. The molecule has 1 aliphatic rings. The van der Waals surface area contributed by atoms with Crippen LogP contribution in [-0.4, -0.2) is 53.1 Å². The number of nitrogens with zero attached hydrogens (tertiary/aromatic N) is 4. The van der Waals surface area contributed by atoms with Crippen LogP contribution < -0.4 is 5.32 Å². The van der Waals surface area contributed by atoms with Gasteiger partial charge in [-0.2, -0.15) is 5.26 Å². The summed E-state index contributed by atoms with van der Waals surface area (Å²) in [6, 6.07) is 8.59. The van der Waals surface area contributed by atoms with Crippen molar-refractivity contribution in [2.24, 2.45) is 0 Å². The van der Waals surface area contributed by atoms with Crippen LogP contribution in [0.2, 0.25) is 5.02 Å². The third-order valence-corrected chi connectivity index (χ3v) is 5.06. The zero-order chi connectivity index (χ0) is 19.4. The van der Waals surface area contributed by atoms with Crippen molar-refractivity contribution in [2.45, 2.75) is 26.4 Å². The first kappa shape index (κ1) is 19.4. The first-order valence-electron chi connectivity index (χ1n) is 8.85. The highest BCUT2D eigenvalue weighted by Crippen LogP contribution is 2.21. The highest BCUT2D eigenvalue weighted by molar-refractivity contribution is 6.32. The molecule has 142 valence electrons. The van der Waals surface area contributed by atoms with Crippen LogP contribution in [0.4, 0.5) is 5.69 Å². The molecule has 1 N–H and O–H groups in total. The smallest absolute Gasteiger partial charge is 0.241 e. The number of rotatable bonds is 5. The Morgan fingerprint density at radius 2 is 2.11 bits per heavy atom. The van der Waals surface area contributed by atoms with Crippen molar-refractivity contribution in [2.75, 3.05) is 31.5 Å². The molecule has 0 spiro atoms. The molecule has 2 aromatic rings. The first-order chi connectivity index (χ1) is 13.0. The van der Waals surface area contributed by atoms with Gasteiger partial charge in [-0.1, -0.05) is 16.8 Å². The number of carbonyl (C=O) groups excluding carboxylic acids is 1. The topological polar surface area (TPSA) is 85.4 Å². The van der Waals surface area contributed by atoms with Crippen molar-refractivity contribution < 1.29 is 9.32 Å². The van der Waals surface area contributed by atoms with Gasteiger partial charge in [0.2, 0.25) is 5.91 Å². The Balaban J connectivity index is 1.51. The van der Waals surface area contributed by atoms with Gasteiger partial charge >= 0.3 is 0 Å². The van der Waals surface area contributed by atoms with Crippen LogP contribution in [-0.2, 0) is 11.3 Å². The summed E-state index contributed by atoms with van der Waals surface area (Å²) in [5, 5.41) is 16.0. The molecule has 1 amide bonds. The molecule has 8 heteroatoms. The Hall–Kier alpha value is -2.40. The minimum Gasteiger partial charge on any atom is -0.360 e. The van der Waals surface area contributed by atoms with Crippen LogP contribution in [0.25, 0.3) is 0 Å². The van der Waals surface area contributed by atoms with E-state index >= 15 is 0 Å². The normalized spacial score (nSPS) is 16.7. The molecule has 1 aromatic heterocycles. The van der Waals surface area contributed by atoms with E-state index in [4.69, 9.17) is 21.4 Å². The molecule has 27 heavy (non-hydrogen) atoms. The molecule has 2 heterocycles. The van der Waals surface area contributed by atoms with Gasteiger partial charge in [-0.15, -0.1) is 0 Å². The van der Waals surface area contributed by atoms with Crippen LogP contribution in [0, 0.1) is 18.3 Å². The minimum atomic E-state index is -0.255. The zero-order valence-electron chi connectivity index (χ0n) is 15.4. The summed E-state index contributed by atoms with van der Waals surface area (Å²) in [5.41, 5.74) is 1.87. The van der Waals surface area contributed by atoms with Gasteiger partial charge in [0.1, 0.15) is 6.07 Å². The Labute approximate surface area is 163 Å². The Bertz CT molecular complexity index is 852.